The van der Waals surface area contributed by atoms with E-state index in [4.69, 9.17) is 5.73 Å². The van der Waals surface area contributed by atoms with Crippen LogP contribution in [0.15, 0.2) is 17.5 Å². The fourth-order valence-corrected chi connectivity index (χ4v) is 2.52. The number of hydrogen-bond acceptors (Lipinski definition) is 4. The van der Waals surface area contributed by atoms with Crippen molar-refractivity contribution < 1.29 is 0 Å². The quantitative estimate of drug-likeness (QED) is 0.852. The molecule has 92 valence electrons. The molecule has 1 aliphatic carbocycles. The van der Waals surface area contributed by atoms with E-state index in [1.54, 1.807) is 0 Å². The first-order valence-electron chi connectivity index (χ1n) is 6.39. The van der Waals surface area contributed by atoms with Gasteiger partial charge in [0.05, 0.1) is 30.8 Å². The maximum absolute atomic E-state index is 5.95. The molecule has 1 aromatic heterocycles. The van der Waals surface area contributed by atoms with E-state index in [0.717, 1.165) is 19.5 Å². The predicted molar refractivity (Wildman–Crippen MR) is 66.7 cm³/mol. The molecule has 0 amide bonds. The van der Waals surface area contributed by atoms with E-state index < -0.39 is 0 Å². The van der Waals surface area contributed by atoms with Crippen molar-refractivity contribution in [3.05, 3.63) is 18.2 Å². The van der Waals surface area contributed by atoms with E-state index in [2.05, 4.69) is 26.4 Å². The maximum Gasteiger partial charge on any atom is 0.191 e. The molecule has 3 rings (SSSR count). The van der Waals surface area contributed by atoms with Crippen LogP contribution in [0, 0.1) is 0 Å². The summed E-state index contributed by atoms with van der Waals surface area (Å²) in [6.07, 6.45) is 7.57. The van der Waals surface area contributed by atoms with E-state index in [0.29, 0.717) is 12.0 Å². The van der Waals surface area contributed by atoms with Crippen LogP contribution in [0.4, 0.5) is 0 Å². The second kappa shape index (κ2) is 4.05. The lowest BCUT2D eigenvalue weighted by Gasteiger charge is -2.26. The van der Waals surface area contributed by atoms with Gasteiger partial charge in [0.1, 0.15) is 0 Å². The Labute approximate surface area is 101 Å². The van der Waals surface area contributed by atoms with Gasteiger partial charge in [-0.3, -0.25) is 4.99 Å². The second-order valence-corrected chi connectivity index (χ2v) is 4.87. The van der Waals surface area contributed by atoms with Crippen molar-refractivity contribution in [2.24, 2.45) is 10.7 Å². The number of imidazole rings is 1. The standard InChI is InChI=1S/C12H19N5/c1-2-5-16-11(7-15-12(16)13)10-6-14-8-17(10)9-3-4-9/h6,8-9,11H,2-5,7H2,1H3,(H2,13,15). The van der Waals surface area contributed by atoms with Crippen LogP contribution in [0.2, 0.25) is 0 Å². The van der Waals surface area contributed by atoms with Crippen LogP contribution in [-0.4, -0.2) is 33.5 Å². The molecule has 1 aromatic rings. The Morgan fingerprint density at radius 3 is 3.00 bits per heavy atom. The van der Waals surface area contributed by atoms with Crippen LogP contribution >= 0.6 is 0 Å². The first-order chi connectivity index (χ1) is 8.31. The molecule has 17 heavy (non-hydrogen) atoms. The van der Waals surface area contributed by atoms with Gasteiger partial charge in [0.15, 0.2) is 5.96 Å². The van der Waals surface area contributed by atoms with E-state index >= 15 is 0 Å². The molecule has 0 radical (unpaired) electrons. The fourth-order valence-electron chi connectivity index (χ4n) is 2.52. The van der Waals surface area contributed by atoms with Gasteiger partial charge >= 0.3 is 0 Å². The van der Waals surface area contributed by atoms with Gasteiger partial charge in [-0.05, 0) is 19.3 Å². The summed E-state index contributed by atoms with van der Waals surface area (Å²) in [4.78, 5) is 10.9. The number of aliphatic imine (C=N–C) groups is 1. The highest BCUT2D eigenvalue weighted by Gasteiger charge is 2.33. The lowest BCUT2D eigenvalue weighted by atomic mass is 10.2. The third-order valence-corrected chi connectivity index (χ3v) is 3.54. The molecule has 1 fully saturated rings. The molecule has 1 saturated carbocycles. The zero-order chi connectivity index (χ0) is 11.8. The molecule has 1 unspecified atom stereocenters. The van der Waals surface area contributed by atoms with Crippen molar-refractivity contribution in [1.29, 1.82) is 0 Å². The number of nitrogens with zero attached hydrogens (tertiary/aromatic N) is 4. The molecule has 0 bridgehead atoms. The number of nitrogens with two attached hydrogens (primary N) is 1. The minimum Gasteiger partial charge on any atom is -0.370 e. The molecule has 5 nitrogen and oxygen atoms in total. The molecule has 1 atom stereocenters. The smallest absolute Gasteiger partial charge is 0.191 e. The normalized spacial score (nSPS) is 24.2. The average Bonchev–Trinajstić information content (AvgIpc) is 2.95. The zero-order valence-electron chi connectivity index (χ0n) is 10.2. The Balaban J connectivity index is 1.85. The van der Waals surface area contributed by atoms with E-state index in [-0.39, 0.29) is 6.04 Å². The summed E-state index contributed by atoms with van der Waals surface area (Å²) in [5.41, 5.74) is 7.22. The summed E-state index contributed by atoms with van der Waals surface area (Å²) in [6, 6.07) is 0.954. The van der Waals surface area contributed by atoms with Gasteiger partial charge in [-0.2, -0.15) is 0 Å². The predicted octanol–water partition coefficient (Wildman–Crippen LogP) is 1.30. The van der Waals surface area contributed by atoms with Crippen LogP contribution < -0.4 is 5.73 Å². The van der Waals surface area contributed by atoms with Gasteiger partial charge < -0.3 is 15.2 Å². The SMILES string of the molecule is CCCN1C(N)=NCC1c1cncn1C1CC1. The van der Waals surface area contributed by atoms with Crippen LogP contribution in [0.1, 0.15) is 44.0 Å². The minimum atomic E-state index is 0.290. The lowest BCUT2D eigenvalue weighted by Crippen LogP contribution is -2.37. The van der Waals surface area contributed by atoms with Crippen LogP contribution in [0.3, 0.4) is 0 Å². The molecule has 1 aliphatic heterocycles. The molecule has 0 saturated heterocycles. The molecular formula is C12H19N5. The first kappa shape index (κ1) is 10.6. The zero-order valence-corrected chi connectivity index (χ0v) is 10.2. The summed E-state index contributed by atoms with van der Waals surface area (Å²) < 4.78 is 2.31. The van der Waals surface area contributed by atoms with E-state index in [1.807, 2.05) is 12.5 Å². The fraction of sp³-hybridized carbons (Fsp3) is 0.667. The van der Waals surface area contributed by atoms with Gasteiger partial charge in [0.25, 0.3) is 0 Å². The van der Waals surface area contributed by atoms with Gasteiger partial charge in [0, 0.05) is 12.6 Å². The van der Waals surface area contributed by atoms with Crippen LogP contribution in [0.5, 0.6) is 0 Å². The van der Waals surface area contributed by atoms with E-state index in [9.17, 15) is 0 Å². The summed E-state index contributed by atoms with van der Waals surface area (Å²) in [5, 5.41) is 0. The number of hydrogen-bond donors (Lipinski definition) is 1. The molecule has 2 aliphatic rings. The van der Waals surface area contributed by atoms with Crippen molar-refractivity contribution in [2.45, 2.75) is 38.3 Å². The Morgan fingerprint density at radius 1 is 1.47 bits per heavy atom. The number of guanidine groups is 1. The molecule has 5 heteroatoms. The van der Waals surface area contributed by atoms with Gasteiger partial charge in [-0.25, -0.2) is 4.98 Å². The highest BCUT2D eigenvalue weighted by Crippen LogP contribution is 2.38. The molecular weight excluding hydrogens is 214 g/mol. The van der Waals surface area contributed by atoms with Crippen LogP contribution in [0.25, 0.3) is 0 Å². The summed E-state index contributed by atoms with van der Waals surface area (Å²) in [5.74, 6) is 0.681. The third-order valence-electron chi connectivity index (χ3n) is 3.54. The van der Waals surface area contributed by atoms with Crippen molar-refractivity contribution >= 4 is 5.96 Å². The molecule has 2 N–H and O–H groups in total. The first-order valence-corrected chi connectivity index (χ1v) is 6.39. The average molecular weight is 233 g/mol. The van der Waals surface area contributed by atoms with Crippen molar-refractivity contribution in [1.82, 2.24) is 14.5 Å². The monoisotopic (exact) mass is 233 g/mol. The minimum absolute atomic E-state index is 0.290. The number of rotatable bonds is 4. The number of aromatic nitrogens is 2. The molecule has 0 spiro atoms. The Kier molecular flexibility index (Phi) is 2.53. The Bertz CT molecular complexity index is 432. The van der Waals surface area contributed by atoms with Gasteiger partial charge in [-0.1, -0.05) is 6.92 Å². The van der Waals surface area contributed by atoms with Gasteiger partial charge in [0.2, 0.25) is 0 Å². The molecule has 2 heterocycles. The van der Waals surface area contributed by atoms with Gasteiger partial charge in [-0.15, -0.1) is 0 Å². The molecule has 0 aromatic carbocycles. The summed E-state index contributed by atoms with van der Waals surface area (Å²) >= 11 is 0. The Morgan fingerprint density at radius 2 is 2.29 bits per heavy atom. The van der Waals surface area contributed by atoms with Crippen molar-refractivity contribution in [3.8, 4) is 0 Å². The second-order valence-electron chi connectivity index (χ2n) is 4.87. The summed E-state index contributed by atoms with van der Waals surface area (Å²) in [7, 11) is 0. The largest absolute Gasteiger partial charge is 0.370 e. The maximum atomic E-state index is 5.95. The topological polar surface area (TPSA) is 59.4 Å². The van der Waals surface area contributed by atoms with Crippen LogP contribution in [-0.2, 0) is 0 Å². The highest BCUT2D eigenvalue weighted by molar-refractivity contribution is 5.80. The van der Waals surface area contributed by atoms with E-state index in [1.165, 1.54) is 18.5 Å². The summed E-state index contributed by atoms with van der Waals surface area (Å²) in [6.45, 7) is 3.90. The third kappa shape index (κ3) is 1.79. The lowest BCUT2D eigenvalue weighted by molar-refractivity contribution is 0.333. The van der Waals surface area contributed by atoms with Crippen molar-refractivity contribution in [3.63, 3.8) is 0 Å². The highest BCUT2D eigenvalue weighted by atomic mass is 15.3. The van der Waals surface area contributed by atoms with Crippen molar-refractivity contribution in [2.75, 3.05) is 13.1 Å². The Hall–Kier alpha value is -1.52.